The first kappa shape index (κ1) is 30.3. The van der Waals surface area contributed by atoms with Crippen LogP contribution >= 0.6 is 22.3 Å². The molecule has 1 aliphatic carbocycles. The van der Waals surface area contributed by atoms with Crippen molar-refractivity contribution in [1.82, 2.24) is 9.62 Å². The fourth-order valence-corrected chi connectivity index (χ4v) is 5.41. The van der Waals surface area contributed by atoms with Crippen LogP contribution in [0.15, 0.2) is 24.3 Å². The Kier molecular flexibility index (Phi) is 9.12. The third-order valence-corrected chi connectivity index (χ3v) is 8.84. The van der Waals surface area contributed by atoms with Gasteiger partial charge in [0.1, 0.15) is 24.0 Å². The number of amides is 1. The van der Waals surface area contributed by atoms with E-state index in [0.29, 0.717) is 37.7 Å². The Labute approximate surface area is 237 Å². The van der Waals surface area contributed by atoms with Gasteiger partial charge < -0.3 is 9.46 Å². The highest BCUT2D eigenvalue weighted by atomic mass is 35.5. The maximum Gasteiger partial charge on any atom is 0.416 e. The number of halogens is 6. The van der Waals surface area contributed by atoms with Gasteiger partial charge in [-0.2, -0.15) is 18.4 Å². The minimum atomic E-state index is -4.66. The first-order valence-corrected chi connectivity index (χ1v) is 14.8. The van der Waals surface area contributed by atoms with Crippen molar-refractivity contribution in [1.29, 1.82) is 5.26 Å². The number of piperidine rings is 1. The number of alkyl halides is 3. The molecule has 1 aliphatic heterocycles. The summed E-state index contributed by atoms with van der Waals surface area (Å²) in [5.41, 5.74) is -1.43. The third-order valence-electron chi connectivity index (χ3n) is 7.35. The van der Waals surface area contributed by atoms with Crippen molar-refractivity contribution in [2.24, 2.45) is 5.41 Å². The zero-order valence-electron chi connectivity index (χ0n) is 22.0. The standard InChI is InChI=1S/C28H29ClF5N3O2S/c1-3-40(2)36-26(38)21-12-20(17-4-5-17)24(13-23(21)30)39-16-27(15-35)6-8-37(9-7-27)14-18-10-19(28(32,33)34)11-22(29)25(18)31/h3,10-13,17H,4-9,14,16H2,1-2H3,(H,36,38). The Morgan fingerprint density at radius 3 is 2.50 bits per heavy atom. The normalized spacial score (nSPS) is 18.3. The van der Waals surface area contributed by atoms with E-state index in [9.17, 15) is 32.0 Å². The highest BCUT2D eigenvalue weighted by Crippen LogP contribution is 2.46. The molecule has 2 aromatic rings. The number of hydrogen-bond acceptors (Lipinski definition) is 4. The second-order valence-electron chi connectivity index (χ2n) is 10.3. The third kappa shape index (κ3) is 6.96. The summed E-state index contributed by atoms with van der Waals surface area (Å²) < 4.78 is 77.7. The maximum atomic E-state index is 15.0. The molecule has 2 aromatic carbocycles. The lowest BCUT2D eigenvalue weighted by Crippen LogP contribution is -2.42. The van der Waals surface area contributed by atoms with E-state index in [0.717, 1.165) is 24.5 Å². The van der Waals surface area contributed by atoms with Crippen molar-refractivity contribution in [2.75, 3.05) is 26.0 Å². The number of nitrogens with zero attached hydrogens (tertiary/aromatic N) is 2. The predicted octanol–water partition coefficient (Wildman–Crippen LogP) is 7.06. The molecule has 12 heteroatoms. The highest BCUT2D eigenvalue weighted by Gasteiger charge is 2.38. The molecule has 0 aromatic heterocycles. The summed E-state index contributed by atoms with van der Waals surface area (Å²) in [6, 6.07) is 6.36. The summed E-state index contributed by atoms with van der Waals surface area (Å²) in [5, 5.41) is 11.2. The summed E-state index contributed by atoms with van der Waals surface area (Å²) in [6.45, 7) is 2.34. The van der Waals surface area contributed by atoms with E-state index < -0.39 is 50.4 Å². The van der Waals surface area contributed by atoms with Crippen LogP contribution in [0.4, 0.5) is 22.0 Å². The number of nitriles is 1. The van der Waals surface area contributed by atoms with E-state index in [1.165, 1.54) is 12.1 Å². The number of ether oxygens (including phenoxy) is 1. The van der Waals surface area contributed by atoms with E-state index in [2.05, 4.69) is 10.8 Å². The molecule has 1 saturated carbocycles. The van der Waals surface area contributed by atoms with Gasteiger partial charge in [0.15, 0.2) is 0 Å². The number of nitrogens with one attached hydrogen (secondary N) is 1. The summed E-state index contributed by atoms with van der Waals surface area (Å²) in [4.78, 5) is 14.3. The van der Waals surface area contributed by atoms with Crippen molar-refractivity contribution >= 4 is 33.5 Å². The number of carbonyl (C=O) groups is 1. The van der Waals surface area contributed by atoms with Gasteiger partial charge in [0.05, 0.1) is 27.6 Å². The van der Waals surface area contributed by atoms with Gasteiger partial charge in [0, 0.05) is 31.3 Å². The molecular formula is C28H29ClF5N3O2S. The lowest BCUT2D eigenvalue weighted by Gasteiger charge is -2.37. The second kappa shape index (κ2) is 12.0. The maximum absolute atomic E-state index is 15.0. The molecule has 1 atom stereocenters. The van der Waals surface area contributed by atoms with Crippen molar-refractivity contribution in [2.45, 2.75) is 51.2 Å². The summed E-state index contributed by atoms with van der Waals surface area (Å²) in [7, 11) is -0.500. The van der Waals surface area contributed by atoms with Crippen molar-refractivity contribution in [3.05, 3.63) is 63.2 Å². The van der Waals surface area contributed by atoms with Crippen LogP contribution in [0.25, 0.3) is 0 Å². The van der Waals surface area contributed by atoms with Crippen molar-refractivity contribution in [3.8, 4) is 11.8 Å². The van der Waals surface area contributed by atoms with Crippen LogP contribution in [0, 0.1) is 28.4 Å². The van der Waals surface area contributed by atoms with Gasteiger partial charge >= 0.3 is 6.18 Å². The summed E-state index contributed by atoms with van der Waals surface area (Å²) >= 11 is 5.71. The van der Waals surface area contributed by atoms with Gasteiger partial charge in [-0.15, -0.1) is 10.7 Å². The molecule has 0 radical (unpaired) electrons. The van der Waals surface area contributed by atoms with Gasteiger partial charge in [-0.05, 0) is 73.9 Å². The number of benzene rings is 2. The molecule has 1 N–H and O–H groups in total. The summed E-state index contributed by atoms with van der Waals surface area (Å²) in [5.74, 6) is -1.67. The Balaban J connectivity index is 1.44. The molecule has 5 nitrogen and oxygen atoms in total. The Hall–Kier alpha value is -2.68. The SMILES string of the molecule is C/C=S(\C)NC(=O)c1cc(C2CC2)c(OCC2(C#N)CCN(Cc3cc(C(F)(F)F)cc(Cl)c3F)CC2)cc1F. The molecule has 4 rings (SSSR count). The lowest BCUT2D eigenvalue weighted by molar-refractivity contribution is -0.137. The Bertz CT molecular complexity index is 1360. The minimum absolute atomic E-state index is 0.0188. The van der Waals surface area contributed by atoms with Gasteiger partial charge in [0.25, 0.3) is 5.91 Å². The van der Waals surface area contributed by atoms with E-state index in [1.807, 2.05) is 11.6 Å². The summed E-state index contributed by atoms with van der Waals surface area (Å²) in [6.07, 6.45) is -0.420. The highest BCUT2D eigenvalue weighted by molar-refractivity contribution is 8.13. The quantitative estimate of drug-likeness (QED) is 0.260. The zero-order valence-corrected chi connectivity index (χ0v) is 23.6. The minimum Gasteiger partial charge on any atom is -0.492 e. The van der Waals surface area contributed by atoms with Crippen LogP contribution < -0.4 is 9.46 Å². The first-order valence-electron chi connectivity index (χ1n) is 12.8. The second-order valence-corrected chi connectivity index (χ2v) is 12.5. The average molecular weight is 602 g/mol. The van der Waals surface area contributed by atoms with E-state index in [-0.39, 0.29) is 30.2 Å². The van der Waals surface area contributed by atoms with Gasteiger partial charge in [0.2, 0.25) is 0 Å². The zero-order chi connectivity index (χ0) is 29.2. The van der Waals surface area contributed by atoms with Crippen LogP contribution in [-0.2, 0) is 12.7 Å². The molecule has 0 spiro atoms. The molecule has 2 aliphatic rings. The molecule has 216 valence electrons. The molecule has 40 heavy (non-hydrogen) atoms. The Morgan fingerprint density at radius 1 is 1.25 bits per heavy atom. The fraction of sp³-hybridized carbons (Fsp3) is 0.464. The van der Waals surface area contributed by atoms with Gasteiger partial charge in [-0.3, -0.25) is 9.69 Å². The van der Waals surface area contributed by atoms with E-state index in [1.54, 1.807) is 11.8 Å². The number of hydrogen-bond donors (Lipinski definition) is 1. The monoisotopic (exact) mass is 601 g/mol. The molecule has 1 amide bonds. The molecular weight excluding hydrogens is 573 g/mol. The molecule has 2 fully saturated rings. The van der Waals surface area contributed by atoms with Crippen LogP contribution in [0.5, 0.6) is 5.75 Å². The largest absolute Gasteiger partial charge is 0.492 e. The van der Waals surface area contributed by atoms with Crippen LogP contribution in [0.2, 0.25) is 5.02 Å². The van der Waals surface area contributed by atoms with Crippen molar-refractivity contribution < 1.29 is 31.5 Å². The molecule has 1 saturated heterocycles. The van der Waals surface area contributed by atoms with Crippen LogP contribution in [0.3, 0.4) is 0 Å². The molecule has 1 heterocycles. The first-order chi connectivity index (χ1) is 18.9. The van der Waals surface area contributed by atoms with Crippen LogP contribution in [-0.4, -0.2) is 42.1 Å². The number of carbonyl (C=O) groups excluding carboxylic acids is 1. The molecule has 1 unspecified atom stereocenters. The Morgan fingerprint density at radius 2 is 1.93 bits per heavy atom. The average Bonchev–Trinajstić information content (AvgIpc) is 3.75. The number of likely N-dealkylation sites (tertiary alicyclic amines) is 1. The number of rotatable bonds is 8. The molecule has 0 bridgehead atoms. The fourth-order valence-electron chi connectivity index (χ4n) is 4.65. The topological polar surface area (TPSA) is 65.4 Å². The smallest absolute Gasteiger partial charge is 0.416 e. The van der Waals surface area contributed by atoms with Gasteiger partial charge in [-0.1, -0.05) is 11.6 Å². The van der Waals surface area contributed by atoms with E-state index >= 15 is 0 Å². The predicted molar refractivity (Wildman–Crippen MR) is 146 cm³/mol. The van der Waals surface area contributed by atoms with Gasteiger partial charge in [-0.25, -0.2) is 8.78 Å². The lowest BCUT2D eigenvalue weighted by atomic mass is 9.80. The van der Waals surface area contributed by atoms with Crippen LogP contribution in [0.1, 0.15) is 65.6 Å². The van der Waals surface area contributed by atoms with E-state index in [4.69, 9.17) is 16.3 Å². The van der Waals surface area contributed by atoms with Crippen molar-refractivity contribution in [3.63, 3.8) is 0 Å².